The molecular formula is C27H34N2O7S. The number of hydrogen-bond donors (Lipinski definition) is 4. The lowest BCUT2D eigenvalue weighted by atomic mass is 9.88. The Bertz CT molecular complexity index is 1190. The van der Waals surface area contributed by atoms with Crippen molar-refractivity contribution in [3.8, 4) is 23.0 Å². The van der Waals surface area contributed by atoms with E-state index in [0.29, 0.717) is 18.8 Å². The van der Waals surface area contributed by atoms with Crippen molar-refractivity contribution in [2.24, 2.45) is 0 Å². The first-order chi connectivity index (χ1) is 17.7. The smallest absolute Gasteiger partial charge is 0.229 e. The SMILES string of the molecule is COc1ccc(C(CCNCC(O)COc2ccc(O)c(NS(C)(=O)=O)c2)c2ccc(OC)cc2)cc1. The van der Waals surface area contributed by atoms with Gasteiger partial charge in [-0.15, -0.1) is 0 Å². The molecule has 0 fully saturated rings. The molecule has 37 heavy (non-hydrogen) atoms. The Balaban J connectivity index is 1.54. The van der Waals surface area contributed by atoms with E-state index < -0.39 is 16.1 Å². The number of aliphatic hydroxyl groups is 1. The molecule has 4 N–H and O–H groups in total. The molecule has 200 valence electrons. The first-order valence-corrected chi connectivity index (χ1v) is 13.7. The minimum atomic E-state index is -3.55. The van der Waals surface area contributed by atoms with Crippen LogP contribution in [0.2, 0.25) is 0 Å². The number of methoxy groups -OCH3 is 2. The number of hydrogen-bond acceptors (Lipinski definition) is 8. The highest BCUT2D eigenvalue weighted by Crippen LogP contribution is 2.31. The van der Waals surface area contributed by atoms with Gasteiger partial charge in [0.25, 0.3) is 0 Å². The average Bonchev–Trinajstić information content (AvgIpc) is 2.88. The molecule has 0 spiro atoms. The molecule has 0 aromatic heterocycles. The molecule has 0 radical (unpaired) electrons. The second kappa shape index (κ2) is 13.2. The molecule has 9 nitrogen and oxygen atoms in total. The number of anilines is 1. The predicted molar refractivity (Wildman–Crippen MR) is 143 cm³/mol. The number of nitrogens with one attached hydrogen (secondary N) is 2. The molecule has 3 aromatic carbocycles. The van der Waals surface area contributed by atoms with Crippen LogP contribution in [-0.4, -0.2) is 64.9 Å². The van der Waals surface area contributed by atoms with Crippen molar-refractivity contribution < 1.29 is 32.8 Å². The van der Waals surface area contributed by atoms with E-state index in [1.807, 2.05) is 24.3 Å². The van der Waals surface area contributed by atoms with E-state index in [1.165, 1.54) is 18.2 Å². The summed E-state index contributed by atoms with van der Waals surface area (Å²) in [6.45, 7) is 0.961. The number of rotatable bonds is 14. The average molecular weight is 531 g/mol. The second-order valence-electron chi connectivity index (χ2n) is 8.61. The summed E-state index contributed by atoms with van der Waals surface area (Å²) < 4.78 is 41.3. The number of benzene rings is 3. The van der Waals surface area contributed by atoms with Gasteiger partial charge in [0.2, 0.25) is 10.0 Å². The predicted octanol–water partition coefficient (Wildman–Crippen LogP) is 3.33. The summed E-state index contributed by atoms with van der Waals surface area (Å²) in [7, 11) is -0.273. The van der Waals surface area contributed by atoms with Gasteiger partial charge < -0.3 is 29.7 Å². The Morgan fingerprint density at radius 2 is 1.41 bits per heavy atom. The number of phenolic OH excluding ortho intramolecular Hbond substituents is 1. The zero-order valence-corrected chi connectivity index (χ0v) is 22.0. The number of sulfonamides is 1. The van der Waals surface area contributed by atoms with Crippen LogP contribution >= 0.6 is 0 Å². The van der Waals surface area contributed by atoms with Gasteiger partial charge in [0.05, 0.1) is 26.2 Å². The molecular weight excluding hydrogens is 496 g/mol. The van der Waals surface area contributed by atoms with Gasteiger partial charge in [0, 0.05) is 18.5 Å². The molecule has 0 amide bonds. The molecule has 0 aliphatic heterocycles. The van der Waals surface area contributed by atoms with Crippen molar-refractivity contribution in [3.05, 3.63) is 77.9 Å². The van der Waals surface area contributed by atoms with E-state index in [4.69, 9.17) is 14.2 Å². The maximum absolute atomic E-state index is 11.4. The van der Waals surface area contributed by atoms with Crippen LogP contribution in [0.3, 0.4) is 0 Å². The molecule has 3 aromatic rings. The van der Waals surface area contributed by atoms with Gasteiger partial charge in [0.1, 0.15) is 35.7 Å². The monoisotopic (exact) mass is 530 g/mol. The number of phenols is 1. The van der Waals surface area contributed by atoms with Crippen LogP contribution in [0.1, 0.15) is 23.5 Å². The summed E-state index contributed by atoms with van der Waals surface area (Å²) in [5, 5.41) is 23.5. The topological polar surface area (TPSA) is 126 Å². The fourth-order valence-electron chi connectivity index (χ4n) is 3.85. The van der Waals surface area contributed by atoms with Gasteiger partial charge in [-0.25, -0.2) is 8.42 Å². The maximum atomic E-state index is 11.4. The highest BCUT2D eigenvalue weighted by molar-refractivity contribution is 7.92. The lowest BCUT2D eigenvalue weighted by Crippen LogP contribution is -2.32. The number of aliphatic hydroxyl groups excluding tert-OH is 1. The lowest BCUT2D eigenvalue weighted by molar-refractivity contribution is 0.106. The first-order valence-electron chi connectivity index (χ1n) is 11.8. The summed E-state index contributed by atoms with van der Waals surface area (Å²) in [6.07, 6.45) is 0.995. The molecule has 0 saturated heterocycles. The summed E-state index contributed by atoms with van der Waals surface area (Å²) >= 11 is 0. The zero-order valence-electron chi connectivity index (χ0n) is 21.2. The van der Waals surface area contributed by atoms with E-state index >= 15 is 0 Å². The van der Waals surface area contributed by atoms with Crippen LogP contribution in [-0.2, 0) is 10.0 Å². The maximum Gasteiger partial charge on any atom is 0.229 e. The lowest BCUT2D eigenvalue weighted by Gasteiger charge is -2.20. The molecule has 0 aliphatic carbocycles. The van der Waals surface area contributed by atoms with Gasteiger partial charge in [-0.05, 0) is 60.5 Å². The van der Waals surface area contributed by atoms with E-state index in [-0.39, 0.29) is 24.0 Å². The van der Waals surface area contributed by atoms with Crippen molar-refractivity contribution in [1.29, 1.82) is 0 Å². The molecule has 10 heteroatoms. The van der Waals surface area contributed by atoms with Gasteiger partial charge >= 0.3 is 0 Å². The zero-order chi connectivity index (χ0) is 26.8. The van der Waals surface area contributed by atoms with Gasteiger partial charge in [0.15, 0.2) is 0 Å². The third-order valence-electron chi connectivity index (χ3n) is 5.73. The second-order valence-corrected chi connectivity index (χ2v) is 10.4. The summed E-state index contributed by atoms with van der Waals surface area (Å²) in [6, 6.07) is 20.2. The quantitative estimate of drug-likeness (QED) is 0.185. The van der Waals surface area contributed by atoms with E-state index in [1.54, 1.807) is 14.2 Å². The minimum absolute atomic E-state index is 0.00349. The molecule has 0 heterocycles. The molecule has 1 unspecified atom stereocenters. The van der Waals surface area contributed by atoms with Crippen LogP contribution in [0, 0.1) is 0 Å². The third-order valence-corrected chi connectivity index (χ3v) is 6.32. The summed E-state index contributed by atoms with van der Waals surface area (Å²) in [5.74, 6) is 1.83. The van der Waals surface area contributed by atoms with Gasteiger partial charge in [-0.3, -0.25) is 4.72 Å². The molecule has 3 rings (SSSR count). The fraction of sp³-hybridized carbons (Fsp3) is 0.333. The largest absolute Gasteiger partial charge is 0.506 e. The van der Waals surface area contributed by atoms with E-state index in [0.717, 1.165) is 35.3 Å². The highest BCUT2D eigenvalue weighted by Gasteiger charge is 2.15. The highest BCUT2D eigenvalue weighted by atomic mass is 32.2. The van der Waals surface area contributed by atoms with Crippen LogP contribution in [0.15, 0.2) is 66.7 Å². The normalized spacial score (nSPS) is 12.2. The standard InChI is InChI=1S/C27H34N2O7S/c1-34-22-8-4-19(5-9-22)25(20-6-10-23(35-2)11-7-20)14-15-28-17-21(30)18-36-24-12-13-27(31)26(16-24)29-37(3,32)33/h4-13,16,21,25,28-31H,14-15,17-18H2,1-3H3. The Hall–Kier alpha value is -3.47. The Kier molecular flexibility index (Phi) is 10.0. The van der Waals surface area contributed by atoms with E-state index in [2.05, 4.69) is 34.3 Å². The van der Waals surface area contributed by atoms with Crippen LogP contribution in [0.4, 0.5) is 5.69 Å². The molecule has 0 aliphatic rings. The van der Waals surface area contributed by atoms with Crippen molar-refractivity contribution in [2.75, 3.05) is 44.9 Å². The fourth-order valence-corrected chi connectivity index (χ4v) is 4.41. The molecule has 1 atom stereocenters. The van der Waals surface area contributed by atoms with Crippen molar-refractivity contribution in [1.82, 2.24) is 5.32 Å². The summed E-state index contributed by atoms with van der Waals surface area (Å²) in [4.78, 5) is 0. The van der Waals surface area contributed by atoms with Crippen LogP contribution < -0.4 is 24.2 Å². The van der Waals surface area contributed by atoms with E-state index in [9.17, 15) is 18.6 Å². The van der Waals surface area contributed by atoms with Gasteiger partial charge in [-0.1, -0.05) is 24.3 Å². The Morgan fingerprint density at radius 1 is 0.865 bits per heavy atom. The molecule has 0 saturated carbocycles. The molecule has 0 bridgehead atoms. The first kappa shape index (κ1) is 28.1. The van der Waals surface area contributed by atoms with Crippen molar-refractivity contribution >= 4 is 15.7 Å². The Labute approximate surface area is 218 Å². The minimum Gasteiger partial charge on any atom is -0.506 e. The number of aromatic hydroxyl groups is 1. The summed E-state index contributed by atoms with van der Waals surface area (Å²) in [5.41, 5.74) is 2.32. The van der Waals surface area contributed by atoms with Crippen LogP contribution in [0.25, 0.3) is 0 Å². The third kappa shape index (κ3) is 8.85. The van der Waals surface area contributed by atoms with Crippen LogP contribution in [0.5, 0.6) is 23.0 Å². The number of ether oxygens (including phenoxy) is 3. The van der Waals surface area contributed by atoms with Crippen molar-refractivity contribution in [3.63, 3.8) is 0 Å². The van der Waals surface area contributed by atoms with Crippen molar-refractivity contribution in [2.45, 2.75) is 18.4 Å². The van der Waals surface area contributed by atoms with Gasteiger partial charge in [-0.2, -0.15) is 0 Å². The Morgan fingerprint density at radius 3 is 1.92 bits per heavy atom.